The zero-order valence-electron chi connectivity index (χ0n) is 48.9. The SMILES string of the molecule is CC[C@H](N)C(=O)N[C@@H]1C(=O)N2C(CC[C@@H]1CNC(=O)CCC#CC#CCCC(=O)NC[C@H]1CC[C@H]3CC[C@@H](C(=O)NC(c4ccccc4)c4ccccc4)N3C(=O)[C@H]1NC(=O)[C@@H](N)CC)CC[C@H]2C(=O)NC(c1ccccc1)c1ccccc1.[Cl-].[Cl-]. The first-order valence-electron chi connectivity index (χ1n) is 29.8. The number of halogens is 2. The highest BCUT2D eigenvalue weighted by Gasteiger charge is 2.50. The Labute approximate surface area is 517 Å². The van der Waals surface area contributed by atoms with Gasteiger partial charge in [-0.1, -0.05) is 147 Å². The third-order valence-electron chi connectivity index (χ3n) is 16.9. The van der Waals surface area contributed by atoms with Crippen molar-refractivity contribution in [2.24, 2.45) is 23.3 Å². The van der Waals surface area contributed by atoms with E-state index in [0.29, 0.717) is 64.2 Å². The third kappa shape index (κ3) is 17.5. The molecule has 4 aliphatic rings. The Morgan fingerprint density at radius 1 is 0.488 bits per heavy atom. The first-order valence-corrected chi connectivity index (χ1v) is 29.8. The molecule has 1 unspecified atom stereocenters. The topological polar surface area (TPSA) is 267 Å². The lowest BCUT2D eigenvalue weighted by molar-refractivity contribution is -0.143. The number of nitrogens with two attached hydrogens (primary N) is 2. The Balaban J connectivity index is 0.00000591. The molecule has 458 valence electrons. The fourth-order valence-electron chi connectivity index (χ4n) is 12.1. The molecule has 0 radical (unpaired) electrons. The normalized spacial score (nSPS) is 22.0. The van der Waals surface area contributed by atoms with Crippen LogP contribution in [0.4, 0.5) is 0 Å². The van der Waals surface area contributed by atoms with Gasteiger partial charge in [-0.2, -0.15) is 0 Å². The minimum Gasteiger partial charge on any atom is -1.00 e. The molecule has 4 aromatic carbocycles. The fourth-order valence-corrected chi connectivity index (χ4v) is 12.1. The molecule has 4 fully saturated rings. The summed E-state index contributed by atoms with van der Waals surface area (Å²) in [5, 5.41) is 18.1. The van der Waals surface area contributed by atoms with Crippen molar-refractivity contribution in [1.29, 1.82) is 0 Å². The summed E-state index contributed by atoms with van der Waals surface area (Å²) in [6.45, 7) is 3.78. The molecule has 0 bridgehead atoms. The number of carbonyl (C=O) groups excluding carboxylic acids is 8. The number of amides is 8. The highest BCUT2D eigenvalue weighted by Crippen LogP contribution is 2.37. The van der Waals surface area contributed by atoms with Crippen LogP contribution in [0.1, 0.15) is 138 Å². The van der Waals surface area contributed by atoms with Crippen LogP contribution in [0.5, 0.6) is 0 Å². The van der Waals surface area contributed by atoms with E-state index >= 15 is 0 Å². The summed E-state index contributed by atoms with van der Waals surface area (Å²) in [6, 6.07) is 32.1. The number of hydrogen-bond donors (Lipinski definition) is 8. The average molecular weight is 1210 g/mol. The smallest absolute Gasteiger partial charge is 0.246 e. The van der Waals surface area contributed by atoms with Crippen LogP contribution in [-0.2, 0) is 38.4 Å². The maximum Gasteiger partial charge on any atom is 0.246 e. The number of fused-ring (bicyclic) bond motifs is 2. The Hall–Kier alpha value is -7.74. The molecule has 0 aromatic heterocycles. The van der Waals surface area contributed by atoms with Gasteiger partial charge in [-0.15, -0.1) is 0 Å². The molecule has 10 atom stereocenters. The molecule has 0 spiro atoms. The predicted octanol–water partition coefficient (Wildman–Crippen LogP) is -1.41. The third-order valence-corrected chi connectivity index (χ3v) is 16.9. The number of carbonyl (C=O) groups is 8. The van der Waals surface area contributed by atoms with E-state index in [9.17, 15) is 38.4 Å². The number of benzene rings is 4. The van der Waals surface area contributed by atoms with Crippen LogP contribution in [-0.4, -0.2) is 118 Å². The van der Waals surface area contributed by atoms with Gasteiger partial charge in [-0.3, -0.25) is 38.4 Å². The predicted molar refractivity (Wildman–Crippen MR) is 319 cm³/mol. The van der Waals surface area contributed by atoms with Crippen LogP contribution >= 0.6 is 0 Å². The summed E-state index contributed by atoms with van der Waals surface area (Å²) in [4.78, 5) is 114. The van der Waals surface area contributed by atoms with Crippen molar-refractivity contribution in [3.05, 3.63) is 144 Å². The van der Waals surface area contributed by atoms with Gasteiger partial charge in [0.05, 0.1) is 24.2 Å². The second-order valence-electron chi connectivity index (χ2n) is 22.4. The molecule has 4 aromatic rings. The first kappa shape index (κ1) is 67.4. The van der Waals surface area contributed by atoms with Gasteiger partial charge >= 0.3 is 0 Å². The number of nitrogens with one attached hydrogen (secondary N) is 6. The largest absolute Gasteiger partial charge is 1.00 e. The zero-order valence-corrected chi connectivity index (χ0v) is 50.4. The van der Waals surface area contributed by atoms with Crippen molar-refractivity contribution in [3.8, 4) is 23.7 Å². The maximum absolute atomic E-state index is 14.6. The number of rotatable bonds is 22. The molecule has 4 aliphatic heterocycles. The Kier molecular flexibility index (Phi) is 26.0. The molecule has 4 saturated heterocycles. The monoisotopic (exact) mass is 1210 g/mol. The van der Waals surface area contributed by atoms with Crippen molar-refractivity contribution in [2.75, 3.05) is 13.1 Å². The van der Waals surface area contributed by atoms with Gasteiger partial charge < -0.3 is 78.0 Å². The molecule has 4 heterocycles. The van der Waals surface area contributed by atoms with Crippen LogP contribution in [0.2, 0.25) is 0 Å². The van der Waals surface area contributed by atoms with Gasteiger partial charge in [0.1, 0.15) is 24.2 Å². The summed E-state index contributed by atoms with van der Waals surface area (Å²) in [5.41, 5.74) is 15.9. The minimum atomic E-state index is -1.02. The van der Waals surface area contributed by atoms with Gasteiger partial charge in [-0.05, 0) is 98.3 Å². The van der Waals surface area contributed by atoms with Gasteiger partial charge in [0.15, 0.2) is 0 Å². The van der Waals surface area contributed by atoms with Crippen molar-refractivity contribution in [1.82, 2.24) is 41.7 Å². The summed E-state index contributed by atoms with van der Waals surface area (Å²) < 4.78 is 0. The van der Waals surface area contributed by atoms with Gasteiger partial charge in [0, 0.05) is 62.7 Å². The van der Waals surface area contributed by atoms with Crippen LogP contribution in [0.3, 0.4) is 0 Å². The van der Waals surface area contributed by atoms with Crippen LogP contribution in [0, 0.1) is 35.5 Å². The van der Waals surface area contributed by atoms with Crippen molar-refractivity contribution in [2.45, 2.75) is 164 Å². The van der Waals surface area contributed by atoms with Crippen LogP contribution < -0.4 is 68.2 Å². The standard InChI is InChI=1S/C66H80N10O8.2ClH/c1-3-51(67)61(79)73-59-47(33-35-49-37-39-53(75(49)65(59)83)63(81)71-57(43-23-13-9-14-24-43)44-25-15-10-16-26-44)41-69-55(77)31-21-7-5-6-8-22-32-56(78)70-42-48-34-36-50-38-40-54(76(50)66(84)60(48)74-62(80)52(68)4-2)64(82)72-58(45-27-17-11-18-28-45)46-29-19-12-20-30-46;;/h9-20,23-30,47-54,57-60H,3-4,21-22,31-42,67-68H2,1-2H3,(H,69,77)(H,70,78)(H,71,81)(H,72,82)(H,73,79)(H,74,80);2*1H/p-2/t47-,48-,49+,50?,51+,52+,53+,54+,59+,60+;;/m1../s1. The van der Waals surface area contributed by atoms with Crippen molar-refractivity contribution < 1.29 is 63.2 Å². The second kappa shape index (κ2) is 33.2. The average Bonchev–Trinajstić information content (AvgIpc) is 3.02. The van der Waals surface area contributed by atoms with Gasteiger partial charge in [-0.25, -0.2) is 0 Å². The Bertz CT molecular complexity index is 2780. The Morgan fingerprint density at radius 3 is 1.12 bits per heavy atom. The molecule has 0 aliphatic carbocycles. The van der Waals surface area contributed by atoms with E-state index in [2.05, 4.69) is 55.6 Å². The molecule has 18 nitrogen and oxygen atoms in total. The number of hydrogen-bond acceptors (Lipinski definition) is 10. The zero-order chi connectivity index (χ0) is 59.5. The highest BCUT2D eigenvalue weighted by atomic mass is 35.5. The van der Waals surface area contributed by atoms with E-state index in [1.807, 2.05) is 121 Å². The lowest BCUT2D eigenvalue weighted by atomic mass is 9.92. The van der Waals surface area contributed by atoms with Crippen molar-refractivity contribution >= 4 is 47.3 Å². The quantitative estimate of drug-likeness (QED) is 0.0427. The summed E-state index contributed by atoms with van der Waals surface area (Å²) in [6.07, 6.45) is 5.59. The summed E-state index contributed by atoms with van der Waals surface area (Å²) in [5.74, 6) is 7.50. The fraction of sp³-hybridized carbons (Fsp3) is 0.455. The number of nitrogens with zero attached hydrogens (tertiary/aromatic N) is 2. The summed E-state index contributed by atoms with van der Waals surface area (Å²) in [7, 11) is 0. The maximum atomic E-state index is 14.6. The minimum absolute atomic E-state index is 0. The molecule has 10 N–H and O–H groups in total. The molecule has 86 heavy (non-hydrogen) atoms. The van der Waals surface area contributed by atoms with E-state index in [0.717, 1.165) is 22.3 Å². The van der Waals surface area contributed by atoms with Crippen LogP contribution in [0.15, 0.2) is 121 Å². The van der Waals surface area contributed by atoms with E-state index in [4.69, 9.17) is 11.5 Å². The van der Waals surface area contributed by atoms with E-state index in [1.54, 1.807) is 23.6 Å². The highest BCUT2D eigenvalue weighted by molar-refractivity contribution is 5.96. The molecular weight excluding hydrogens is 1130 g/mol. The first-order chi connectivity index (χ1) is 40.8. The van der Waals surface area contributed by atoms with Crippen LogP contribution in [0.25, 0.3) is 0 Å². The Morgan fingerprint density at radius 2 is 0.802 bits per heavy atom. The van der Waals surface area contributed by atoms with Gasteiger partial charge in [0.2, 0.25) is 47.3 Å². The molecular formula is C66H80Cl2N10O8-2. The second-order valence-corrected chi connectivity index (χ2v) is 22.4. The van der Waals surface area contributed by atoms with Crippen molar-refractivity contribution in [3.63, 3.8) is 0 Å². The molecule has 0 saturated carbocycles. The van der Waals surface area contributed by atoms with E-state index in [-0.39, 0.29) is 111 Å². The van der Waals surface area contributed by atoms with Gasteiger partial charge in [0.25, 0.3) is 0 Å². The summed E-state index contributed by atoms with van der Waals surface area (Å²) >= 11 is 0. The van der Waals surface area contributed by atoms with E-state index < -0.39 is 72.0 Å². The lowest BCUT2D eigenvalue weighted by Gasteiger charge is -2.33. The molecule has 8 amide bonds. The van der Waals surface area contributed by atoms with E-state index in [1.165, 1.54) is 0 Å². The lowest BCUT2D eigenvalue weighted by Crippen LogP contribution is -3.00. The molecule has 8 rings (SSSR count). The molecule has 20 heteroatoms.